The predicted molar refractivity (Wildman–Crippen MR) is 81.1 cm³/mol. The summed E-state index contributed by atoms with van der Waals surface area (Å²) >= 11 is 0. The Hall–Kier alpha value is -3.16. The van der Waals surface area contributed by atoms with Crippen LogP contribution >= 0.6 is 0 Å². The fourth-order valence-corrected chi connectivity index (χ4v) is 1.57. The molecule has 1 aromatic heterocycles. The van der Waals surface area contributed by atoms with Gasteiger partial charge in [-0.05, 0) is 29.8 Å². The van der Waals surface area contributed by atoms with Crippen LogP contribution in [-0.2, 0) is 11.3 Å². The van der Waals surface area contributed by atoms with E-state index in [0.29, 0.717) is 11.3 Å². The zero-order valence-corrected chi connectivity index (χ0v) is 12.1. The van der Waals surface area contributed by atoms with Gasteiger partial charge in [-0.1, -0.05) is 12.1 Å². The molecule has 120 valence electrons. The third kappa shape index (κ3) is 6.00. The lowest BCUT2D eigenvalue weighted by Gasteiger charge is -2.05. The molecule has 3 amide bonds. The number of amides is 3. The van der Waals surface area contributed by atoms with Crippen molar-refractivity contribution < 1.29 is 18.4 Å². The minimum atomic E-state index is -0.501. The standard InChI is InChI=1S/C15H15FN4O3/c16-12-5-3-11(4-6-12)8-19-20-14(21)10-18-15(22)17-9-13-2-1-7-23-13/h1-8H,9-10H2,(H,20,21)(H2,17,18,22). The molecule has 2 aromatic rings. The van der Waals surface area contributed by atoms with Crippen LogP contribution in [0.5, 0.6) is 0 Å². The van der Waals surface area contributed by atoms with Crippen molar-refractivity contribution in [3.63, 3.8) is 0 Å². The van der Waals surface area contributed by atoms with Crippen molar-refractivity contribution in [2.75, 3.05) is 6.54 Å². The van der Waals surface area contributed by atoms with Gasteiger partial charge in [-0.3, -0.25) is 4.79 Å². The number of hydrogen-bond acceptors (Lipinski definition) is 4. The van der Waals surface area contributed by atoms with Crippen molar-refractivity contribution in [3.05, 3.63) is 59.8 Å². The van der Waals surface area contributed by atoms with Gasteiger partial charge in [0.1, 0.15) is 18.1 Å². The number of carbonyl (C=O) groups is 2. The normalized spacial score (nSPS) is 10.5. The number of carbonyl (C=O) groups excluding carboxylic acids is 2. The summed E-state index contributed by atoms with van der Waals surface area (Å²) in [6.45, 7) is -0.00603. The molecule has 0 aliphatic rings. The van der Waals surface area contributed by atoms with Gasteiger partial charge in [0.2, 0.25) is 0 Å². The molecule has 0 fully saturated rings. The fourth-order valence-electron chi connectivity index (χ4n) is 1.57. The molecule has 0 spiro atoms. The van der Waals surface area contributed by atoms with E-state index in [2.05, 4.69) is 21.2 Å². The topological polar surface area (TPSA) is 95.7 Å². The van der Waals surface area contributed by atoms with Crippen LogP contribution in [0.15, 0.2) is 52.2 Å². The number of nitrogens with zero attached hydrogens (tertiary/aromatic N) is 1. The largest absolute Gasteiger partial charge is 0.467 e. The predicted octanol–water partition coefficient (Wildman–Crippen LogP) is 1.37. The summed E-state index contributed by atoms with van der Waals surface area (Å²) in [6.07, 6.45) is 2.87. The molecule has 0 unspecified atom stereocenters. The monoisotopic (exact) mass is 318 g/mol. The van der Waals surface area contributed by atoms with Gasteiger partial charge in [-0.2, -0.15) is 5.10 Å². The molecule has 7 nitrogen and oxygen atoms in total. The van der Waals surface area contributed by atoms with Crippen LogP contribution in [0, 0.1) is 5.82 Å². The summed E-state index contributed by atoms with van der Waals surface area (Å²) in [4.78, 5) is 22.9. The Morgan fingerprint density at radius 3 is 2.65 bits per heavy atom. The molecule has 8 heteroatoms. The number of urea groups is 1. The number of halogens is 1. The van der Waals surface area contributed by atoms with Crippen LogP contribution in [0.1, 0.15) is 11.3 Å². The first-order valence-electron chi connectivity index (χ1n) is 6.75. The Labute approximate surface area is 131 Å². The van der Waals surface area contributed by atoms with E-state index < -0.39 is 11.9 Å². The molecule has 3 N–H and O–H groups in total. The highest BCUT2D eigenvalue weighted by atomic mass is 19.1. The van der Waals surface area contributed by atoms with Crippen LogP contribution in [-0.4, -0.2) is 24.7 Å². The van der Waals surface area contributed by atoms with Gasteiger partial charge in [0.15, 0.2) is 0 Å². The highest BCUT2D eigenvalue weighted by Crippen LogP contribution is 1.99. The van der Waals surface area contributed by atoms with E-state index in [1.54, 1.807) is 12.1 Å². The van der Waals surface area contributed by atoms with E-state index in [-0.39, 0.29) is 18.9 Å². The van der Waals surface area contributed by atoms with Gasteiger partial charge in [-0.25, -0.2) is 14.6 Å². The van der Waals surface area contributed by atoms with Gasteiger partial charge >= 0.3 is 6.03 Å². The minimum absolute atomic E-state index is 0.225. The lowest BCUT2D eigenvalue weighted by molar-refractivity contribution is -0.120. The van der Waals surface area contributed by atoms with E-state index >= 15 is 0 Å². The fraction of sp³-hybridized carbons (Fsp3) is 0.133. The average molecular weight is 318 g/mol. The lowest BCUT2D eigenvalue weighted by atomic mass is 10.2. The minimum Gasteiger partial charge on any atom is -0.467 e. The van der Waals surface area contributed by atoms with Crippen molar-refractivity contribution in [1.29, 1.82) is 0 Å². The zero-order chi connectivity index (χ0) is 16.5. The lowest BCUT2D eigenvalue weighted by Crippen LogP contribution is -2.40. The third-order valence-corrected chi connectivity index (χ3v) is 2.69. The Bertz CT molecular complexity index is 669. The van der Waals surface area contributed by atoms with Crippen molar-refractivity contribution >= 4 is 18.2 Å². The average Bonchev–Trinajstić information content (AvgIpc) is 3.06. The molecule has 0 aliphatic heterocycles. The Kier molecular flexibility index (Phi) is 5.87. The van der Waals surface area contributed by atoms with Gasteiger partial charge in [0, 0.05) is 0 Å². The second-order valence-electron chi connectivity index (χ2n) is 4.46. The molecule has 2 rings (SSSR count). The summed E-state index contributed by atoms with van der Waals surface area (Å²) in [5, 5.41) is 8.61. The van der Waals surface area contributed by atoms with Crippen molar-refractivity contribution in [3.8, 4) is 0 Å². The molecule has 0 bridgehead atoms. The van der Waals surface area contributed by atoms with Crippen molar-refractivity contribution in [1.82, 2.24) is 16.1 Å². The smallest absolute Gasteiger partial charge is 0.315 e. The van der Waals surface area contributed by atoms with Crippen LogP contribution in [0.3, 0.4) is 0 Å². The Morgan fingerprint density at radius 2 is 1.96 bits per heavy atom. The molecular formula is C15H15FN4O3. The number of furan rings is 1. The summed E-state index contributed by atoms with van der Waals surface area (Å²) in [7, 11) is 0. The molecule has 1 aromatic carbocycles. The van der Waals surface area contributed by atoms with Crippen molar-refractivity contribution in [2.45, 2.75) is 6.54 Å². The van der Waals surface area contributed by atoms with E-state index in [4.69, 9.17) is 4.42 Å². The molecule has 23 heavy (non-hydrogen) atoms. The SMILES string of the molecule is O=C(CNC(=O)NCc1ccco1)NN=Cc1ccc(F)cc1. The Morgan fingerprint density at radius 1 is 1.17 bits per heavy atom. The second kappa shape index (κ2) is 8.32. The quantitative estimate of drug-likeness (QED) is 0.554. The molecule has 0 saturated carbocycles. The maximum Gasteiger partial charge on any atom is 0.315 e. The summed E-state index contributed by atoms with van der Waals surface area (Å²) in [5.41, 5.74) is 2.88. The van der Waals surface area contributed by atoms with Gasteiger partial charge in [-0.15, -0.1) is 0 Å². The van der Waals surface area contributed by atoms with Crippen molar-refractivity contribution in [2.24, 2.45) is 5.10 Å². The van der Waals surface area contributed by atoms with E-state index in [1.807, 2.05) is 0 Å². The highest BCUT2D eigenvalue weighted by Gasteiger charge is 2.04. The number of hydrazone groups is 1. The van der Waals surface area contributed by atoms with Crippen LogP contribution < -0.4 is 16.1 Å². The van der Waals surface area contributed by atoms with Gasteiger partial charge in [0.25, 0.3) is 5.91 Å². The van der Waals surface area contributed by atoms with Gasteiger partial charge < -0.3 is 15.1 Å². The molecule has 0 saturated heterocycles. The molecule has 0 atom stereocenters. The zero-order valence-electron chi connectivity index (χ0n) is 12.1. The molecule has 1 heterocycles. The van der Waals surface area contributed by atoms with E-state index in [0.717, 1.165) is 0 Å². The highest BCUT2D eigenvalue weighted by molar-refractivity contribution is 5.85. The molecule has 0 aliphatic carbocycles. The number of hydrogen-bond donors (Lipinski definition) is 3. The van der Waals surface area contributed by atoms with Crippen LogP contribution in [0.4, 0.5) is 9.18 Å². The molecule has 0 radical (unpaired) electrons. The first-order valence-corrected chi connectivity index (χ1v) is 6.75. The summed E-state index contributed by atoms with van der Waals surface area (Å²) in [6, 6.07) is 8.54. The Balaban J connectivity index is 1.64. The van der Waals surface area contributed by atoms with E-state index in [1.165, 1.54) is 36.7 Å². The molecular weight excluding hydrogens is 303 g/mol. The summed E-state index contributed by atoms with van der Waals surface area (Å²) in [5.74, 6) is -0.235. The maximum atomic E-state index is 12.7. The number of rotatable bonds is 6. The first-order chi connectivity index (χ1) is 11.1. The first kappa shape index (κ1) is 16.2. The van der Waals surface area contributed by atoms with E-state index in [9.17, 15) is 14.0 Å². The second-order valence-corrected chi connectivity index (χ2v) is 4.46. The van der Waals surface area contributed by atoms with Crippen LogP contribution in [0.25, 0.3) is 0 Å². The van der Waals surface area contributed by atoms with Crippen LogP contribution in [0.2, 0.25) is 0 Å². The number of nitrogens with one attached hydrogen (secondary N) is 3. The third-order valence-electron chi connectivity index (χ3n) is 2.69. The van der Waals surface area contributed by atoms with Gasteiger partial charge in [0.05, 0.1) is 19.0 Å². The number of benzene rings is 1. The summed E-state index contributed by atoms with van der Waals surface area (Å²) < 4.78 is 17.7. The maximum absolute atomic E-state index is 12.7.